The number of aromatic nitrogens is 1. The van der Waals surface area contributed by atoms with Crippen LogP contribution in [0.1, 0.15) is 15.9 Å². The maximum atomic E-state index is 12.9. The Kier molecular flexibility index (Phi) is 4.60. The lowest BCUT2D eigenvalue weighted by atomic mass is 10.2. The van der Waals surface area contributed by atoms with Gasteiger partial charge >= 0.3 is 0 Å². The number of ether oxygens (including phenoxy) is 1. The van der Waals surface area contributed by atoms with Crippen molar-refractivity contribution in [3.05, 3.63) is 88.7 Å². The highest BCUT2D eigenvalue weighted by molar-refractivity contribution is 7.16. The molecule has 4 aromatic rings. The zero-order valence-corrected chi connectivity index (χ0v) is 15.9. The summed E-state index contributed by atoms with van der Waals surface area (Å²) in [5.41, 5.74) is 2.70. The van der Waals surface area contributed by atoms with E-state index in [1.54, 1.807) is 12.1 Å². The molecule has 0 bridgehead atoms. The number of amides is 1. The monoisotopic (exact) mass is 374 g/mol. The lowest BCUT2D eigenvalue weighted by Gasteiger charge is -2.08. The number of benzene rings is 3. The molecule has 4 nitrogen and oxygen atoms in total. The first-order valence-corrected chi connectivity index (χ1v) is 9.41. The molecule has 0 N–H and O–H groups in total. The standard InChI is InChI=1S/C22H18N2O2S/c1-15-9-8-14-19-20(15)24(2)22(27-19)23-21(25)17-12-6-7-13-18(17)26-16-10-4-3-5-11-16/h3-14H,1-2H3. The van der Waals surface area contributed by atoms with Crippen molar-refractivity contribution in [1.82, 2.24) is 4.57 Å². The van der Waals surface area contributed by atoms with E-state index in [1.165, 1.54) is 11.3 Å². The third-order valence-electron chi connectivity index (χ3n) is 4.31. The van der Waals surface area contributed by atoms with Gasteiger partial charge in [0.25, 0.3) is 5.91 Å². The van der Waals surface area contributed by atoms with Gasteiger partial charge in [-0.2, -0.15) is 4.99 Å². The fraction of sp³-hybridized carbons (Fsp3) is 0.0909. The zero-order chi connectivity index (χ0) is 18.8. The zero-order valence-electron chi connectivity index (χ0n) is 15.0. The second-order valence-electron chi connectivity index (χ2n) is 6.19. The number of aryl methyl sites for hydroxylation is 2. The van der Waals surface area contributed by atoms with Gasteiger partial charge in [-0.1, -0.05) is 53.8 Å². The van der Waals surface area contributed by atoms with Crippen LogP contribution in [0.3, 0.4) is 0 Å². The third kappa shape index (κ3) is 3.41. The van der Waals surface area contributed by atoms with E-state index in [2.05, 4.69) is 18.0 Å². The van der Waals surface area contributed by atoms with Crippen molar-refractivity contribution in [1.29, 1.82) is 0 Å². The van der Waals surface area contributed by atoms with E-state index in [-0.39, 0.29) is 5.91 Å². The van der Waals surface area contributed by atoms with Crippen LogP contribution in [0, 0.1) is 6.92 Å². The summed E-state index contributed by atoms with van der Waals surface area (Å²) in [6.45, 7) is 2.06. The quantitative estimate of drug-likeness (QED) is 0.502. The van der Waals surface area contributed by atoms with Gasteiger partial charge in [0, 0.05) is 7.05 Å². The summed E-state index contributed by atoms with van der Waals surface area (Å²) in [6.07, 6.45) is 0. The Hall–Kier alpha value is -3.18. The van der Waals surface area contributed by atoms with Crippen LogP contribution in [0.4, 0.5) is 0 Å². The van der Waals surface area contributed by atoms with Crippen LogP contribution in [-0.2, 0) is 7.05 Å². The fourth-order valence-corrected chi connectivity index (χ4v) is 4.09. The molecule has 3 aromatic carbocycles. The second kappa shape index (κ2) is 7.21. The topological polar surface area (TPSA) is 43.6 Å². The summed E-state index contributed by atoms with van der Waals surface area (Å²) in [4.78, 5) is 17.9. The van der Waals surface area contributed by atoms with Crippen molar-refractivity contribution in [2.45, 2.75) is 6.92 Å². The van der Waals surface area contributed by atoms with Crippen LogP contribution in [0.2, 0.25) is 0 Å². The summed E-state index contributed by atoms with van der Waals surface area (Å²) in [7, 11) is 1.93. The Morgan fingerprint density at radius 2 is 1.70 bits per heavy atom. The van der Waals surface area contributed by atoms with Gasteiger partial charge in [0.15, 0.2) is 4.80 Å². The van der Waals surface area contributed by atoms with Crippen LogP contribution in [0.15, 0.2) is 77.8 Å². The molecular formula is C22H18N2O2S. The van der Waals surface area contributed by atoms with Crippen LogP contribution in [0.25, 0.3) is 10.2 Å². The molecule has 1 amide bonds. The van der Waals surface area contributed by atoms with E-state index in [9.17, 15) is 4.79 Å². The molecule has 1 aromatic heterocycles. The first-order chi connectivity index (χ1) is 13.1. The van der Waals surface area contributed by atoms with E-state index in [4.69, 9.17) is 4.74 Å². The predicted octanol–water partition coefficient (Wildman–Crippen LogP) is 5.08. The van der Waals surface area contributed by atoms with Crippen LogP contribution in [-0.4, -0.2) is 10.5 Å². The molecule has 1 heterocycles. The normalized spacial score (nSPS) is 11.7. The molecule has 0 fully saturated rings. The van der Waals surface area contributed by atoms with Crippen LogP contribution >= 0.6 is 11.3 Å². The SMILES string of the molecule is Cc1cccc2sc(=NC(=O)c3ccccc3Oc3ccccc3)n(C)c12. The highest BCUT2D eigenvalue weighted by atomic mass is 32.1. The van der Waals surface area contributed by atoms with Crippen molar-refractivity contribution in [3.63, 3.8) is 0 Å². The Balaban J connectivity index is 1.75. The second-order valence-corrected chi connectivity index (χ2v) is 7.20. The highest BCUT2D eigenvalue weighted by Crippen LogP contribution is 2.26. The predicted molar refractivity (Wildman–Crippen MR) is 108 cm³/mol. The first-order valence-electron chi connectivity index (χ1n) is 8.59. The molecule has 0 aliphatic heterocycles. The van der Waals surface area contributed by atoms with Crippen molar-refractivity contribution in [2.24, 2.45) is 12.0 Å². The number of hydrogen-bond donors (Lipinski definition) is 0. The number of nitrogens with zero attached hydrogens (tertiary/aromatic N) is 2. The molecule has 0 saturated carbocycles. The number of carbonyl (C=O) groups is 1. The molecule has 0 radical (unpaired) electrons. The number of thiazole rings is 1. The molecule has 0 unspecified atom stereocenters. The largest absolute Gasteiger partial charge is 0.457 e. The molecule has 0 spiro atoms. The maximum absolute atomic E-state index is 12.9. The minimum Gasteiger partial charge on any atom is -0.457 e. The number of fused-ring (bicyclic) bond motifs is 1. The Bertz CT molecular complexity index is 1190. The molecule has 5 heteroatoms. The first kappa shape index (κ1) is 17.2. The van der Waals surface area contributed by atoms with E-state index >= 15 is 0 Å². The van der Waals surface area contributed by atoms with Gasteiger partial charge in [-0.3, -0.25) is 4.79 Å². The van der Waals surface area contributed by atoms with Gasteiger partial charge in [-0.25, -0.2) is 0 Å². The van der Waals surface area contributed by atoms with Crippen molar-refractivity contribution in [2.75, 3.05) is 0 Å². The summed E-state index contributed by atoms with van der Waals surface area (Å²) >= 11 is 1.51. The minimum atomic E-state index is -0.318. The van der Waals surface area contributed by atoms with E-state index < -0.39 is 0 Å². The van der Waals surface area contributed by atoms with Gasteiger partial charge in [0.05, 0.1) is 15.8 Å². The summed E-state index contributed by atoms with van der Waals surface area (Å²) in [6, 6.07) is 22.7. The molecule has 0 saturated heterocycles. The Morgan fingerprint density at radius 1 is 0.963 bits per heavy atom. The third-order valence-corrected chi connectivity index (χ3v) is 5.41. The average Bonchev–Trinajstić information content (AvgIpc) is 3.00. The summed E-state index contributed by atoms with van der Waals surface area (Å²) in [5, 5.41) is 0. The average molecular weight is 374 g/mol. The molecule has 0 aliphatic rings. The maximum Gasteiger partial charge on any atom is 0.283 e. The van der Waals surface area contributed by atoms with Crippen molar-refractivity contribution in [3.8, 4) is 11.5 Å². The van der Waals surface area contributed by atoms with Crippen LogP contribution in [0.5, 0.6) is 11.5 Å². The van der Waals surface area contributed by atoms with Gasteiger partial charge in [-0.05, 0) is 42.8 Å². The van der Waals surface area contributed by atoms with Crippen molar-refractivity contribution < 1.29 is 9.53 Å². The Labute approximate surface area is 161 Å². The smallest absolute Gasteiger partial charge is 0.283 e. The fourth-order valence-electron chi connectivity index (χ4n) is 3.00. The molecular weight excluding hydrogens is 356 g/mol. The summed E-state index contributed by atoms with van der Waals surface area (Å²) < 4.78 is 8.97. The Morgan fingerprint density at radius 3 is 2.48 bits per heavy atom. The van der Waals surface area contributed by atoms with E-state index in [0.717, 1.165) is 15.8 Å². The highest BCUT2D eigenvalue weighted by Gasteiger charge is 2.13. The lowest BCUT2D eigenvalue weighted by molar-refractivity contribution is 0.0995. The van der Waals surface area contributed by atoms with E-state index in [0.29, 0.717) is 21.9 Å². The van der Waals surface area contributed by atoms with Gasteiger partial charge < -0.3 is 9.30 Å². The molecule has 134 valence electrons. The molecule has 4 rings (SSSR count). The number of para-hydroxylation sites is 3. The number of hydrogen-bond acceptors (Lipinski definition) is 3. The van der Waals surface area contributed by atoms with Gasteiger partial charge in [-0.15, -0.1) is 0 Å². The van der Waals surface area contributed by atoms with Crippen molar-refractivity contribution >= 4 is 27.5 Å². The van der Waals surface area contributed by atoms with Crippen LogP contribution < -0.4 is 9.54 Å². The molecule has 27 heavy (non-hydrogen) atoms. The molecule has 0 atom stereocenters. The lowest BCUT2D eigenvalue weighted by Crippen LogP contribution is -2.14. The summed E-state index contributed by atoms with van der Waals surface area (Å²) in [5.74, 6) is 0.861. The minimum absolute atomic E-state index is 0.318. The number of carbonyl (C=O) groups excluding carboxylic acids is 1. The van der Waals surface area contributed by atoms with E-state index in [1.807, 2.05) is 66.2 Å². The number of rotatable bonds is 3. The van der Waals surface area contributed by atoms with Gasteiger partial charge in [0.2, 0.25) is 0 Å². The van der Waals surface area contributed by atoms with Gasteiger partial charge in [0.1, 0.15) is 11.5 Å². The molecule has 0 aliphatic carbocycles.